The highest BCUT2D eigenvalue weighted by molar-refractivity contribution is 7.80. The molecule has 2 heteroatoms. The summed E-state index contributed by atoms with van der Waals surface area (Å²) in [4.78, 5) is 2.49. The maximum atomic E-state index is 4.23. The Kier molecular flexibility index (Phi) is 2.91. The Hall–Kier alpha value is -0.470. The van der Waals surface area contributed by atoms with E-state index >= 15 is 0 Å². The summed E-state index contributed by atoms with van der Waals surface area (Å²) in [6, 6.07) is 8.72. The summed E-state index contributed by atoms with van der Waals surface area (Å²) in [5.41, 5.74) is 3.00. The molecule has 0 atom stereocenters. The van der Waals surface area contributed by atoms with Crippen LogP contribution in [0.5, 0.6) is 0 Å². The molecule has 0 aliphatic carbocycles. The summed E-state index contributed by atoms with van der Waals surface area (Å²) in [5.74, 6) is 0.993. The maximum absolute atomic E-state index is 4.23. The van der Waals surface area contributed by atoms with E-state index in [4.69, 9.17) is 0 Å². The molecule has 0 spiro atoms. The first-order chi connectivity index (χ1) is 6.40. The summed E-state index contributed by atoms with van der Waals surface area (Å²) in [5, 5.41) is 0. The van der Waals surface area contributed by atoms with Crippen LogP contribution in [0.2, 0.25) is 0 Å². The van der Waals surface area contributed by atoms with E-state index < -0.39 is 0 Å². The van der Waals surface area contributed by atoms with Crippen LogP contribution in [0.25, 0.3) is 0 Å². The molecule has 0 amide bonds. The summed E-state index contributed by atoms with van der Waals surface area (Å²) >= 11 is 4.23. The van der Waals surface area contributed by atoms with Gasteiger partial charge in [0.05, 0.1) is 0 Å². The van der Waals surface area contributed by atoms with Gasteiger partial charge < -0.3 is 0 Å². The molecule has 1 nitrogen and oxygen atoms in total. The van der Waals surface area contributed by atoms with E-state index in [1.54, 1.807) is 0 Å². The maximum Gasteiger partial charge on any atom is 0.0240 e. The first-order valence-corrected chi connectivity index (χ1v) is 5.43. The van der Waals surface area contributed by atoms with Crippen molar-refractivity contribution < 1.29 is 0 Å². The molecule has 0 fully saturated rings. The number of hydrogen-bond donors (Lipinski definition) is 1. The molecule has 0 aromatic heterocycles. The second kappa shape index (κ2) is 4.16. The fourth-order valence-electron chi connectivity index (χ4n) is 1.86. The zero-order chi connectivity index (χ0) is 9.10. The average molecular weight is 193 g/mol. The third kappa shape index (κ3) is 2.06. The molecule has 0 radical (unpaired) electrons. The smallest absolute Gasteiger partial charge is 0.0240 e. The lowest BCUT2D eigenvalue weighted by Crippen LogP contribution is -2.17. The van der Waals surface area contributed by atoms with E-state index in [1.165, 1.54) is 24.1 Å². The van der Waals surface area contributed by atoms with E-state index in [9.17, 15) is 0 Å². The molecule has 2 rings (SSSR count). The Morgan fingerprint density at radius 2 is 1.77 bits per heavy atom. The van der Waals surface area contributed by atoms with Gasteiger partial charge in [-0.15, -0.1) is 0 Å². The summed E-state index contributed by atoms with van der Waals surface area (Å²) in [6.45, 7) is 3.44. The summed E-state index contributed by atoms with van der Waals surface area (Å²) in [7, 11) is 0. The van der Waals surface area contributed by atoms with Crippen LogP contribution < -0.4 is 0 Å². The lowest BCUT2D eigenvalue weighted by molar-refractivity contribution is 0.286. The number of nitrogens with zero attached hydrogens (tertiary/aromatic N) is 1. The number of hydrogen-bond acceptors (Lipinski definition) is 2. The van der Waals surface area contributed by atoms with Crippen LogP contribution in [-0.2, 0) is 13.1 Å². The van der Waals surface area contributed by atoms with Crippen molar-refractivity contribution in [2.75, 3.05) is 12.3 Å². The van der Waals surface area contributed by atoms with Gasteiger partial charge in [0, 0.05) is 13.1 Å². The zero-order valence-corrected chi connectivity index (χ0v) is 8.63. The number of rotatable bonds is 3. The normalized spacial score (nSPS) is 16.1. The van der Waals surface area contributed by atoms with E-state index in [-0.39, 0.29) is 0 Å². The van der Waals surface area contributed by atoms with Crippen molar-refractivity contribution >= 4 is 12.6 Å². The van der Waals surface area contributed by atoms with Gasteiger partial charge in [0.1, 0.15) is 0 Å². The minimum Gasteiger partial charge on any atom is -0.295 e. The quantitative estimate of drug-likeness (QED) is 0.721. The van der Waals surface area contributed by atoms with Crippen LogP contribution in [0.4, 0.5) is 0 Å². The number of thiol groups is 1. The average Bonchev–Trinajstić information content (AvgIpc) is 2.57. The molecule has 1 aromatic carbocycles. The molecular formula is C11H15NS. The van der Waals surface area contributed by atoms with Gasteiger partial charge in [-0.05, 0) is 29.8 Å². The van der Waals surface area contributed by atoms with Crippen LogP contribution in [0.1, 0.15) is 17.5 Å². The van der Waals surface area contributed by atoms with Crippen molar-refractivity contribution in [2.45, 2.75) is 19.5 Å². The van der Waals surface area contributed by atoms with Crippen LogP contribution in [0.3, 0.4) is 0 Å². The predicted molar refractivity (Wildman–Crippen MR) is 59.0 cm³/mol. The molecule has 1 aliphatic rings. The zero-order valence-electron chi connectivity index (χ0n) is 7.74. The van der Waals surface area contributed by atoms with Crippen molar-refractivity contribution in [2.24, 2.45) is 0 Å². The van der Waals surface area contributed by atoms with Crippen LogP contribution in [-0.4, -0.2) is 17.2 Å². The fraction of sp³-hybridized carbons (Fsp3) is 0.455. The standard InChI is InChI=1S/C11H15NS/c13-7-3-6-12-8-10-4-1-2-5-11(10)9-12/h1-2,4-5,13H,3,6-9H2. The minimum absolute atomic E-state index is 0.993. The highest BCUT2D eigenvalue weighted by atomic mass is 32.1. The number of fused-ring (bicyclic) bond motifs is 1. The molecule has 0 saturated heterocycles. The molecule has 1 heterocycles. The van der Waals surface area contributed by atoms with E-state index in [0.29, 0.717) is 0 Å². The SMILES string of the molecule is SCCCN1Cc2ccccc2C1. The van der Waals surface area contributed by atoms with Gasteiger partial charge in [0.15, 0.2) is 0 Å². The van der Waals surface area contributed by atoms with Crippen LogP contribution in [0, 0.1) is 0 Å². The van der Waals surface area contributed by atoms with Crippen molar-refractivity contribution in [3.8, 4) is 0 Å². The van der Waals surface area contributed by atoms with Gasteiger partial charge in [-0.25, -0.2) is 0 Å². The van der Waals surface area contributed by atoms with Crippen molar-refractivity contribution in [1.29, 1.82) is 0 Å². The second-order valence-electron chi connectivity index (χ2n) is 3.56. The Labute approximate surface area is 85.2 Å². The molecule has 1 aromatic rings. The third-order valence-corrected chi connectivity index (χ3v) is 2.85. The molecule has 13 heavy (non-hydrogen) atoms. The highest BCUT2D eigenvalue weighted by Crippen LogP contribution is 2.21. The molecule has 1 aliphatic heterocycles. The largest absolute Gasteiger partial charge is 0.295 e. The highest BCUT2D eigenvalue weighted by Gasteiger charge is 2.16. The molecule has 0 unspecified atom stereocenters. The van der Waals surface area contributed by atoms with E-state index in [1.807, 2.05) is 0 Å². The first-order valence-electron chi connectivity index (χ1n) is 4.80. The van der Waals surface area contributed by atoms with E-state index in [0.717, 1.165) is 18.8 Å². The second-order valence-corrected chi connectivity index (χ2v) is 4.00. The molecule has 0 bridgehead atoms. The molecule has 70 valence electrons. The monoisotopic (exact) mass is 193 g/mol. The van der Waals surface area contributed by atoms with Crippen LogP contribution in [0.15, 0.2) is 24.3 Å². The number of benzene rings is 1. The van der Waals surface area contributed by atoms with Gasteiger partial charge >= 0.3 is 0 Å². The third-order valence-electron chi connectivity index (χ3n) is 2.54. The predicted octanol–water partition coefficient (Wildman–Crippen LogP) is 2.32. The van der Waals surface area contributed by atoms with Crippen LogP contribution >= 0.6 is 12.6 Å². The molecular weight excluding hydrogens is 178 g/mol. The Morgan fingerprint density at radius 3 is 2.31 bits per heavy atom. The summed E-state index contributed by atoms with van der Waals surface area (Å²) in [6.07, 6.45) is 1.19. The van der Waals surface area contributed by atoms with Crippen molar-refractivity contribution in [1.82, 2.24) is 4.90 Å². The molecule has 0 N–H and O–H groups in total. The van der Waals surface area contributed by atoms with Gasteiger partial charge in [-0.1, -0.05) is 24.3 Å². The van der Waals surface area contributed by atoms with Crippen molar-refractivity contribution in [3.63, 3.8) is 0 Å². The lowest BCUT2D eigenvalue weighted by atomic mass is 10.1. The Morgan fingerprint density at radius 1 is 1.15 bits per heavy atom. The van der Waals surface area contributed by atoms with Gasteiger partial charge in [0.25, 0.3) is 0 Å². The van der Waals surface area contributed by atoms with Gasteiger partial charge in [-0.2, -0.15) is 12.6 Å². The summed E-state index contributed by atoms with van der Waals surface area (Å²) < 4.78 is 0. The van der Waals surface area contributed by atoms with Crippen molar-refractivity contribution in [3.05, 3.63) is 35.4 Å². The topological polar surface area (TPSA) is 3.24 Å². The van der Waals surface area contributed by atoms with Gasteiger partial charge in [0.2, 0.25) is 0 Å². The minimum atomic E-state index is 0.993. The fourth-order valence-corrected chi connectivity index (χ4v) is 2.00. The first kappa shape index (κ1) is 9.10. The lowest BCUT2D eigenvalue weighted by Gasteiger charge is -2.12. The molecule has 0 saturated carbocycles. The van der Waals surface area contributed by atoms with Gasteiger partial charge in [-0.3, -0.25) is 4.90 Å². The van der Waals surface area contributed by atoms with E-state index in [2.05, 4.69) is 41.8 Å². The Bertz CT molecular complexity index is 260. The Balaban J connectivity index is 1.97.